The Kier molecular flexibility index (Phi) is 6.58. The summed E-state index contributed by atoms with van der Waals surface area (Å²) >= 11 is 18.0. The van der Waals surface area contributed by atoms with E-state index in [0.717, 1.165) is 22.3 Å². The second-order valence-electron chi connectivity index (χ2n) is 7.96. The highest BCUT2D eigenvalue weighted by atomic mass is 35.6. The lowest BCUT2D eigenvalue weighted by molar-refractivity contribution is -0.158. The highest BCUT2D eigenvalue weighted by molar-refractivity contribution is 6.68. The molecule has 2 aliphatic heterocycles. The van der Waals surface area contributed by atoms with E-state index in [-0.39, 0.29) is 13.2 Å². The Bertz CT molecular complexity index is 899. The summed E-state index contributed by atoms with van der Waals surface area (Å²) in [5, 5.41) is 11.3. The number of halogens is 3. The van der Waals surface area contributed by atoms with Crippen LogP contribution in [0.25, 0.3) is 0 Å². The van der Waals surface area contributed by atoms with Gasteiger partial charge in [0.2, 0.25) is 0 Å². The molecule has 0 bridgehead atoms. The summed E-state index contributed by atoms with van der Waals surface area (Å²) in [6.45, 7) is 4.36. The standard InChI is InChI=1S/C22H24Cl3NO5/c1-14-8-15(2)10-17(9-14)20(13-30-22(26-31-22)21(23,24)25)19(27)18(12-29-20)28-11-16-6-4-3-5-7-16/h3-10,18-19,26-27H,11-13H2,1-2H3/t18-,19+,20+,22?/m1/s1. The monoisotopic (exact) mass is 487 g/mol. The molecule has 0 saturated carbocycles. The third-order valence-electron chi connectivity index (χ3n) is 5.50. The number of hydroxylamine groups is 1. The number of benzene rings is 2. The topological polar surface area (TPSA) is 82.4 Å². The quantitative estimate of drug-likeness (QED) is 0.452. The summed E-state index contributed by atoms with van der Waals surface area (Å²) in [5.41, 5.74) is 5.06. The first kappa shape index (κ1) is 23.2. The lowest BCUT2D eigenvalue weighted by atomic mass is 9.86. The number of aryl methyl sites for hydroxylation is 2. The fraction of sp³-hybridized carbons (Fsp3) is 0.455. The van der Waals surface area contributed by atoms with Crippen LogP contribution in [-0.4, -0.2) is 40.2 Å². The maximum Gasteiger partial charge on any atom is 0.315 e. The molecular weight excluding hydrogens is 465 g/mol. The van der Waals surface area contributed by atoms with E-state index in [2.05, 4.69) is 5.48 Å². The van der Waals surface area contributed by atoms with Crippen LogP contribution in [0.2, 0.25) is 0 Å². The van der Waals surface area contributed by atoms with Crippen LogP contribution in [0, 0.1) is 13.8 Å². The second kappa shape index (κ2) is 8.78. The molecule has 2 saturated heterocycles. The van der Waals surface area contributed by atoms with Gasteiger partial charge in [-0.25, -0.2) is 4.84 Å². The molecule has 2 aromatic carbocycles. The Morgan fingerprint density at radius 3 is 2.35 bits per heavy atom. The van der Waals surface area contributed by atoms with Gasteiger partial charge in [-0.15, -0.1) is 5.48 Å². The number of hydrogen-bond donors (Lipinski definition) is 2. The van der Waals surface area contributed by atoms with Gasteiger partial charge < -0.3 is 19.3 Å². The fourth-order valence-electron chi connectivity index (χ4n) is 3.82. The summed E-state index contributed by atoms with van der Waals surface area (Å²) in [6.07, 6.45) is -1.59. The molecule has 2 aromatic rings. The molecule has 0 aliphatic carbocycles. The fourth-order valence-corrected chi connectivity index (χ4v) is 4.21. The zero-order chi connectivity index (χ0) is 22.3. The van der Waals surface area contributed by atoms with Crippen LogP contribution in [-0.2, 0) is 31.3 Å². The van der Waals surface area contributed by atoms with Gasteiger partial charge in [-0.1, -0.05) is 94.5 Å². The van der Waals surface area contributed by atoms with Gasteiger partial charge in [-0.2, -0.15) is 0 Å². The van der Waals surface area contributed by atoms with E-state index < -0.39 is 27.5 Å². The molecule has 0 aromatic heterocycles. The molecule has 9 heteroatoms. The predicted octanol–water partition coefficient (Wildman–Crippen LogP) is 4.05. The summed E-state index contributed by atoms with van der Waals surface area (Å²) in [6, 6.07) is 15.7. The summed E-state index contributed by atoms with van der Waals surface area (Å²) in [5.74, 6) is -1.60. The van der Waals surface area contributed by atoms with E-state index in [1.807, 2.05) is 62.4 Å². The second-order valence-corrected chi connectivity index (χ2v) is 10.2. The maximum absolute atomic E-state index is 11.3. The van der Waals surface area contributed by atoms with Gasteiger partial charge in [0.05, 0.1) is 19.8 Å². The minimum Gasteiger partial charge on any atom is -0.387 e. The van der Waals surface area contributed by atoms with Crippen LogP contribution < -0.4 is 5.48 Å². The molecule has 0 amide bonds. The number of hydrogen-bond acceptors (Lipinski definition) is 6. The van der Waals surface area contributed by atoms with E-state index >= 15 is 0 Å². The number of aliphatic hydroxyl groups excluding tert-OH is 1. The summed E-state index contributed by atoms with van der Waals surface area (Å²) in [4.78, 5) is 5.08. The minimum absolute atomic E-state index is 0.122. The van der Waals surface area contributed by atoms with Gasteiger partial charge in [0.15, 0.2) is 0 Å². The van der Waals surface area contributed by atoms with Crippen molar-refractivity contribution >= 4 is 34.8 Å². The lowest BCUT2D eigenvalue weighted by Gasteiger charge is -2.34. The van der Waals surface area contributed by atoms with Crippen LogP contribution in [0.1, 0.15) is 22.3 Å². The van der Waals surface area contributed by atoms with Crippen molar-refractivity contribution in [2.24, 2.45) is 0 Å². The SMILES string of the molecule is Cc1cc(C)cc([C@]2(COC3(C(Cl)(Cl)Cl)NO3)OC[C@@H](OCc3ccccc3)[C@@H]2O)c1. The zero-order valence-corrected chi connectivity index (χ0v) is 19.4. The number of nitrogens with one attached hydrogen (secondary N) is 1. The van der Waals surface area contributed by atoms with Gasteiger partial charge in [-0.05, 0) is 25.0 Å². The number of rotatable bonds is 7. The average Bonchev–Trinajstić information content (AvgIpc) is 3.45. The van der Waals surface area contributed by atoms with Crippen molar-refractivity contribution in [3.05, 3.63) is 70.8 Å². The molecule has 0 spiro atoms. The highest BCUT2D eigenvalue weighted by Gasteiger charge is 2.65. The molecule has 2 fully saturated rings. The number of ether oxygens (including phenoxy) is 3. The third kappa shape index (κ3) is 4.74. The molecule has 31 heavy (non-hydrogen) atoms. The van der Waals surface area contributed by atoms with Gasteiger partial charge in [0.1, 0.15) is 17.8 Å². The van der Waals surface area contributed by atoms with E-state index in [1.165, 1.54) is 0 Å². The lowest BCUT2D eigenvalue weighted by Crippen LogP contribution is -2.48. The number of alkyl halides is 3. The molecule has 2 heterocycles. The number of aliphatic hydroxyl groups is 1. The Balaban J connectivity index is 1.58. The van der Waals surface area contributed by atoms with Crippen LogP contribution in [0.5, 0.6) is 0 Å². The Hall–Kier alpha value is -0.930. The van der Waals surface area contributed by atoms with E-state index in [0.29, 0.717) is 6.61 Å². The molecule has 2 aliphatic rings. The zero-order valence-electron chi connectivity index (χ0n) is 17.1. The molecule has 0 radical (unpaired) electrons. The Labute approximate surface area is 196 Å². The first-order chi connectivity index (χ1) is 14.7. The van der Waals surface area contributed by atoms with Crippen LogP contribution in [0.15, 0.2) is 48.5 Å². The maximum atomic E-state index is 11.3. The Morgan fingerprint density at radius 2 is 1.77 bits per heavy atom. The Morgan fingerprint density at radius 1 is 1.13 bits per heavy atom. The van der Waals surface area contributed by atoms with Crippen molar-refractivity contribution in [1.82, 2.24) is 5.48 Å². The minimum atomic E-state index is -1.87. The van der Waals surface area contributed by atoms with Gasteiger partial charge in [-0.3, -0.25) is 0 Å². The van der Waals surface area contributed by atoms with Crippen molar-refractivity contribution in [3.8, 4) is 0 Å². The van der Waals surface area contributed by atoms with Crippen LogP contribution in [0.3, 0.4) is 0 Å². The first-order valence-corrected chi connectivity index (χ1v) is 11.0. The molecule has 2 N–H and O–H groups in total. The van der Waals surface area contributed by atoms with Crippen LogP contribution >= 0.6 is 34.8 Å². The van der Waals surface area contributed by atoms with Crippen molar-refractivity contribution in [2.45, 2.75) is 48.0 Å². The normalized spacial score (nSPS) is 30.5. The average molecular weight is 489 g/mol. The van der Waals surface area contributed by atoms with Crippen molar-refractivity contribution in [1.29, 1.82) is 0 Å². The van der Waals surface area contributed by atoms with Crippen molar-refractivity contribution in [3.63, 3.8) is 0 Å². The van der Waals surface area contributed by atoms with Gasteiger partial charge in [0, 0.05) is 0 Å². The largest absolute Gasteiger partial charge is 0.387 e. The van der Waals surface area contributed by atoms with E-state index in [9.17, 15) is 5.11 Å². The third-order valence-corrected chi connectivity index (χ3v) is 6.25. The predicted molar refractivity (Wildman–Crippen MR) is 118 cm³/mol. The molecule has 6 nitrogen and oxygen atoms in total. The summed E-state index contributed by atoms with van der Waals surface area (Å²) < 4.78 is 16.1. The van der Waals surface area contributed by atoms with Crippen molar-refractivity contribution < 1.29 is 24.2 Å². The van der Waals surface area contributed by atoms with E-state index in [4.69, 9.17) is 53.9 Å². The first-order valence-electron chi connectivity index (χ1n) is 9.87. The van der Waals surface area contributed by atoms with Crippen LogP contribution in [0.4, 0.5) is 0 Å². The van der Waals surface area contributed by atoms with Gasteiger partial charge in [0.25, 0.3) is 3.79 Å². The van der Waals surface area contributed by atoms with Gasteiger partial charge >= 0.3 is 5.91 Å². The van der Waals surface area contributed by atoms with Crippen molar-refractivity contribution in [2.75, 3.05) is 13.2 Å². The molecule has 4 atom stereocenters. The smallest absolute Gasteiger partial charge is 0.315 e. The summed E-state index contributed by atoms with van der Waals surface area (Å²) in [7, 11) is 0. The molecule has 168 valence electrons. The molecular formula is C22H24Cl3NO5. The molecule has 4 rings (SSSR count). The highest BCUT2D eigenvalue weighted by Crippen LogP contribution is 2.48. The van der Waals surface area contributed by atoms with E-state index in [1.54, 1.807) is 0 Å². The molecule has 1 unspecified atom stereocenters.